The van der Waals surface area contributed by atoms with Gasteiger partial charge in [0, 0.05) is 50.7 Å². The van der Waals surface area contributed by atoms with Crippen molar-refractivity contribution in [3.63, 3.8) is 0 Å². The van der Waals surface area contributed by atoms with E-state index in [0.717, 1.165) is 103 Å². The summed E-state index contributed by atoms with van der Waals surface area (Å²) in [5, 5.41) is 9.50. The predicted molar refractivity (Wildman–Crippen MR) is 263 cm³/mol. The molecular weight excluding hydrogens is 839 g/mol. The first-order valence-corrected chi connectivity index (χ1v) is 27.3. The molecule has 0 radical (unpaired) electrons. The number of ether oxygens (including phenoxy) is 5. The third-order valence-electron chi connectivity index (χ3n) is 12.9. The van der Waals surface area contributed by atoms with Crippen LogP contribution in [0.2, 0.25) is 0 Å². The van der Waals surface area contributed by atoms with Crippen molar-refractivity contribution in [1.82, 2.24) is 4.90 Å². The molecule has 0 amide bonds. The van der Waals surface area contributed by atoms with Crippen LogP contribution in [-0.2, 0) is 47.7 Å². The molecule has 1 rings (SSSR count). The van der Waals surface area contributed by atoms with Crippen LogP contribution in [0.3, 0.4) is 0 Å². The number of aliphatic hydroxyl groups is 1. The fourth-order valence-electron chi connectivity index (χ4n) is 8.29. The highest BCUT2D eigenvalue weighted by Gasteiger charge is 2.25. The summed E-state index contributed by atoms with van der Waals surface area (Å²) in [6.07, 6.45) is 34.5. The first kappa shape index (κ1) is 61.3. The van der Waals surface area contributed by atoms with Crippen LogP contribution < -0.4 is 0 Å². The van der Waals surface area contributed by atoms with Gasteiger partial charge < -0.3 is 28.8 Å². The zero-order chi connectivity index (χ0) is 48.1. The molecule has 1 unspecified atom stereocenters. The lowest BCUT2D eigenvalue weighted by atomic mass is 9.91. The SMILES string of the molecule is CCCCCCCCCCCCCCCCCC(=O)OCC(COC(=O)CCCC(COC(=O)CCCCCCC)COC(=O)CCCCCCC)COC(=O)CCN(CCO)C1CCC1. The topological polar surface area (TPSA) is 155 Å². The van der Waals surface area contributed by atoms with Gasteiger partial charge in [0.2, 0.25) is 0 Å². The van der Waals surface area contributed by atoms with E-state index in [1.807, 2.05) is 0 Å². The zero-order valence-electron chi connectivity index (χ0n) is 42.6. The largest absolute Gasteiger partial charge is 0.465 e. The normalized spacial score (nSPS) is 13.1. The number of carbonyl (C=O) groups is 5. The van der Waals surface area contributed by atoms with Crippen LogP contribution in [0.5, 0.6) is 0 Å². The Balaban J connectivity index is 2.59. The maximum Gasteiger partial charge on any atom is 0.307 e. The van der Waals surface area contributed by atoms with Crippen molar-refractivity contribution < 1.29 is 52.8 Å². The molecular formula is C54H99NO11. The Labute approximate surface area is 402 Å². The number of unbranched alkanes of at least 4 members (excludes halogenated alkanes) is 22. The molecule has 0 bridgehead atoms. The molecule has 1 N–H and O–H groups in total. The minimum Gasteiger partial charge on any atom is -0.465 e. The van der Waals surface area contributed by atoms with Gasteiger partial charge in [-0.05, 0) is 44.9 Å². The highest BCUT2D eigenvalue weighted by molar-refractivity contribution is 5.71. The van der Waals surface area contributed by atoms with Crippen molar-refractivity contribution in [2.75, 3.05) is 52.7 Å². The van der Waals surface area contributed by atoms with Crippen LogP contribution in [0.25, 0.3) is 0 Å². The number of carbonyl (C=O) groups excluding carboxylic acids is 5. The molecule has 0 aromatic rings. The second-order valence-electron chi connectivity index (χ2n) is 19.2. The van der Waals surface area contributed by atoms with Gasteiger partial charge in [-0.15, -0.1) is 0 Å². The van der Waals surface area contributed by atoms with E-state index in [2.05, 4.69) is 25.7 Å². The highest BCUT2D eigenvalue weighted by atomic mass is 16.6. The average molecular weight is 938 g/mol. The van der Waals surface area contributed by atoms with Crippen LogP contribution >= 0.6 is 0 Å². The fraction of sp³-hybridized carbons (Fsp3) is 0.907. The Kier molecular flexibility index (Phi) is 41.6. The molecule has 66 heavy (non-hydrogen) atoms. The third kappa shape index (κ3) is 37.3. The Morgan fingerprint density at radius 2 is 0.712 bits per heavy atom. The van der Waals surface area contributed by atoms with Crippen molar-refractivity contribution in [1.29, 1.82) is 0 Å². The summed E-state index contributed by atoms with van der Waals surface area (Å²) in [6.45, 7) is 7.66. The molecule has 0 spiro atoms. The van der Waals surface area contributed by atoms with Crippen molar-refractivity contribution in [2.45, 2.75) is 252 Å². The van der Waals surface area contributed by atoms with Gasteiger partial charge in [0.1, 0.15) is 19.8 Å². The minimum atomic E-state index is -0.529. The molecule has 0 aromatic heterocycles. The molecule has 386 valence electrons. The van der Waals surface area contributed by atoms with Gasteiger partial charge in [-0.1, -0.05) is 168 Å². The van der Waals surface area contributed by atoms with Gasteiger partial charge in [0.15, 0.2) is 0 Å². The van der Waals surface area contributed by atoms with Crippen molar-refractivity contribution in [2.24, 2.45) is 11.8 Å². The summed E-state index contributed by atoms with van der Waals surface area (Å²) in [6, 6.07) is 0.386. The van der Waals surface area contributed by atoms with Crippen LogP contribution in [0.1, 0.15) is 245 Å². The van der Waals surface area contributed by atoms with Gasteiger partial charge in [0.25, 0.3) is 0 Å². The minimum absolute atomic E-state index is 0.0316. The smallest absolute Gasteiger partial charge is 0.307 e. The third-order valence-corrected chi connectivity index (χ3v) is 12.9. The summed E-state index contributed by atoms with van der Waals surface area (Å²) < 4.78 is 28.1. The van der Waals surface area contributed by atoms with E-state index in [4.69, 9.17) is 23.7 Å². The Hall–Kier alpha value is -2.73. The molecule has 0 saturated heterocycles. The summed E-state index contributed by atoms with van der Waals surface area (Å²) in [7, 11) is 0. The molecule has 1 saturated carbocycles. The van der Waals surface area contributed by atoms with Gasteiger partial charge in [-0.2, -0.15) is 0 Å². The molecule has 1 atom stereocenters. The van der Waals surface area contributed by atoms with Gasteiger partial charge in [-0.25, -0.2) is 0 Å². The quantitative estimate of drug-likeness (QED) is 0.0351. The van der Waals surface area contributed by atoms with Gasteiger partial charge in [-0.3, -0.25) is 28.9 Å². The van der Waals surface area contributed by atoms with E-state index in [1.165, 1.54) is 77.0 Å². The summed E-state index contributed by atoms with van der Waals surface area (Å²) in [5.41, 5.74) is 0. The van der Waals surface area contributed by atoms with Crippen molar-refractivity contribution >= 4 is 29.8 Å². The summed E-state index contributed by atoms with van der Waals surface area (Å²) in [5.74, 6) is -2.45. The van der Waals surface area contributed by atoms with Gasteiger partial charge in [0.05, 0.1) is 32.2 Å². The van der Waals surface area contributed by atoms with Crippen LogP contribution in [-0.4, -0.2) is 98.6 Å². The Morgan fingerprint density at radius 3 is 1.03 bits per heavy atom. The maximum absolute atomic E-state index is 13.0. The van der Waals surface area contributed by atoms with E-state index in [9.17, 15) is 29.1 Å². The van der Waals surface area contributed by atoms with Crippen molar-refractivity contribution in [3.05, 3.63) is 0 Å². The second kappa shape index (κ2) is 44.8. The lowest BCUT2D eigenvalue weighted by molar-refractivity contribution is -0.155. The fourth-order valence-corrected chi connectivity index (χ4v) is 8.29. The number of nitrogens with zero attached hydrogens (tertiary/aromatic N) is 1. The Morgan fingerprint density at radius 1 is 0.409 bits per heavy atom. The van der Waals surface area contributed by atoms with Crippen LogP contribution in [0, 0.1) is 11.8 Å². The number of aliphatic hydroxyl groups excluding tert-OH is 1. The molecule has 0 aromatic carbocycles. The number of hydrogen-bond donors (Lipinski definition) is 1. The summed E-state index contributed by atoms with van der Waals surface area (Å²) in [4.78, 5) is 65.7. The van der Waals surface area contributed by atoms with E-state index in [-0.39, 0.29) is 76.3 Å². The number of hydrogen-bond acceptors (Lipinski definition) is 12. The first-order chi connectivity index (χ1) is 32.2. The molecule has 0 heterocycles. The summed E-state index contributed by atoms with van der Waals surface area (Å²) >= 11 is 0. The lowest BCUT2D eigenvalue weighted by Gasteiger charge is -2.37. The van der Waals surface area contributed by atoms with E-state index < -0.39 is 17.9 Å². The second-order valence-corrected chi connectivity index (χ2v) is 19.2. The predicted octanol–water partition coefficient (Wildman–Crippen LogP) is 12.3. The lowest BCUT2D eigenvalue weighted by Crippen LogP contribution is -2.43. The van der Waals surface area contributed by atoms with E-state index in [0.29, 0.717) is 51.2 Å². The molecule has 1 fully saturated rings. The molecule has 1 aliphatic rings. The highest BCUT2D eigenvalue weighted by Crippen LogP contribution is 2.25. The Bertz CT molecular complexity index is 1160. The number of esters is 5. The first-order valence-electron chi connectivity index (χ1n) is 27.3. The van der Waals surface area contributed by atoms with E-state index >= 15 is 0 Å². The zero-order valence-corrected chi connectivity index (χ0v) is 42.6. The van der Waals surface area contributed by atoms with E-state index in [1.54, 1.807) is 0 Å². The van der Waals surface area contributed by atoms with Crippen LogP contribution in [0.15, 0.2) is 0 Å². The van der Waals surface area contributed by atoms with Crippen molar-refractivity contribution in [3.8, 4) is 0 Å². The van der Waals surface area contributed by atoms with Gasteiger partial charge >= 0.3 is 29.8 Å². The monoisotopic (exact) mass is 938 g/mol. The average Bonchev–Trinajstić information content (AvgIpc) is 3.29. The van der Waals surface area contributed by atoms with Crippen LogP contribution in [0.4, 0.5) is 0 Å². The standard InChI is InChI=1S/C54H99NO11/c1-4-7-10-13-14-15-16-17-18-19-20-21-22-25-28-36-52(59)64-44-48(46-66-54(61)38-39-55(40-41-56)49-32-30-33-49)45-65-53(60)37-29-31-47(42-62-50(57)34-26-23-11-8-5-2)43-63-51(58)35-27-24-12-9-6-3/h47-49,56H,4-46H2,1-3H3. The molecule has 0 aliphatic heterocycles. The molecule has 12 heteroatoms. The number of rotatable bonds is 48. The molecule has 1 aliphatic carbocycles. The molecule has 12 nitrogen and oxygen atoms in total. The maximum atomic E-state index is 13.0.